The Morgan fingerprint density at radius 3 is 2.06 bits per heavy atom. The molecule has 2 heteroatoms. The maximum Gasteiger partial charge on any atom is 0.169 e. The molecule has 1 atom stereocenters. The summed E-state index contributed by atoms with van der Waals surface area (Å²) >= 11 is 0. The molecule has 0 N–H and O–H groups in total. The van der Waals surface area contributed by atoms with E-state index in [-0.39, 0.29) is 16.7 Å². The first-order valence-electron chi connectivity index (χ1n) is 7.01. The van der Waals surface area contributed by atoms with E-state index in [2.05, 4.69) is 48.5 Å². The summed E-state index contributed by atoms with van der Waals surface area (Å²) in [5.41, 5.74) is 0.654. The van der Waals surface area contributed by atoms with Crippen LogP contribution in [0.2, 0.25) is 0 Å². The number of allylic oxidation sites excluding steroid dienone is 2. The maximum absolute atomic E-state index is 12.7. The van der Waals surface area contributed by atoms with Gasteiger partial charge in [0.25, 0.3) is 0 Å². The van der Waals surface area contributed by atoms with Crippen molar-refractivity contribution in [1.82, 2.24) is 0 Å². The summed E-state index contributed by atoms with van der Waals surface area (Å²) in [6.45, 7) is 15.3. The highest BCUT2D eigenvalue weighted by Gasteiger charge is 2.40. The number of hydrogen-bond acceptors (Lipinski definition) is 2. The van der Waals surface area contributed by atoms with Gasteiger partial charge in [-0.15, -0.1) is 0 Å². The number of Topliss-reactive ketones (excluding diaryl/α,β-unsaturated/α-hetero) is 1. The van der Waals surface area contributed by atoms with Crippen molar-refractivity contribution in [2.24, 2.45) is 16.7 Å². The zero-order valence-electron chi connectivity index (χ0n) is 13.0. The van der Waals surface area contributed by atoms with Gasteiger partial charge in [0, 0.05) is 11.0 Å². The summed E-state index contributed by atoms with van der Waals surface area (Å²) in [6, 6.07) is 0. The second kappa shape index (κ2) is 5.07. The van der Waals surface area contributed by atoms with Crippen LogP contribution in [0.25, 0.3) is 0 Å². The van der Waals surface area contributed by atoms with Crippen LogP contribution >= 0.6 is 0 Å². The average molecular weight is 252 g/mol. The minimum Gasteiger partial charge on any atom is -0.496 e. The average Bonchev–Trinajstić information content (AvgIpc) is 2.17. The number of rotatable bonds is 2. The molecular formula is C16H28O2. The highest BCUT2D eigenvalue weighted by atomic mass is 16.5. The van der Waals surface area contributed by atoms with Gasteiger partial charge >= 0.3 is 0 Å². The fourth-order valence-corrected chi connectivity index (χ4v) is 2.51. The first kappa shape index (κ1) is 15.3. The highest BCUT2D eigenvalue weighted by Crippen LogP contribution is 2.42. The van der Waals surface area contributed by atoms with E-state index in [4.69, 9.17) is 4.74 Å². The normalized spacial score (nSPS) is 22.2. The lowest BCUT2D eigenvalue weighted by atomic mass is 9.73. The standard InChI is InChI=1S/C16H28O2/c1-8-9-11-10-18-14(16(5,6)7)12(13(11)17)15(2,3)4/h11H,8-10H2,1-7H3. The lowest BCUT2D eigenvalue weighted by Crippen LogP contribution is -2.37. The van der Waals surface area contributed by atoms with Crippen LogP contribution in [0.4, 0.5) is 0 Å². The van der Waals surface area contributed by atoms with E-state index in [1.807, 2.05) is 0 Å². The minimum atomic E-state index is -0.147. The number of carbonyl (C=O) groups excluding carboxylic acids is 1. The van der Waals surface area contributed by atoms with Crippen LogP contribution in [0, 0.1) is 16.7 Å². The van der Waals surface area contributed by atoms with Gasteiger partial charge in [-0.2, -0.15) is 0 Å². The quantitative estimate of drug-likeness (QED) is 0.730. The van der Waals surface area contributed by atoms with E-state index in [9.17, 15) is 4.79 Å². The maximum atomic E-state index is 12.7. The minimum absolute atomic E-state index is 0.0512. The Morgan fingerprint density at radius 2 is 1.67 bits per heavy atom. The number of hydrogen-bond donors (Lipinski definition) is 0. The van der Waals surface area contributed by atoms with Crippen molar-refractivity contribution in [3.63, 3.8) is 0 Å². The van der Waals surface area contributed by atoms with Crippen LogP contribution in [0.15, 0.2) is 11.3 Å². The molecule has 0 aromatic rings. The van der Waals surface area contributed by atoms with Crippen molar-refractivity contribution in [1.29, 1.82) is 0 Å². The molecule has 1 heterocycles. The summed E-state index contributed by atoms with van der Waals surface area (Å²) < 4.78 is 5.98. The lowest BCUT2D eigenvalue weighted by Gasteiger charge is -2.37. The van der Waals surface area contributed by atoms with Gasteiger partial charge in [0.05, 0.1) is 12.5 Å². The third-order valence-corrected chi connectivity index (χ3v) is 3.34. The molecule has 1 aliphatic heterocycles. The summed E-state index contributed by atoms with van der Waals surface area (Å²) in [5, 5.41) is 0. The van der Waals surface area contributed by atoms with E-state index in [0.29, 0.717) is 12.4 Å². The Labute approximate surface area is 112 Å². The first-order valence-corrected chi connectivity index (χ1v) is 7.01. The largest absolute Gasteiger partial charge is 0.496 e. The van der Waals surface area contributed by atoms with Gasteiger partial charge in [0.2, 0.25) is 0 Å². The predicted molar refractivity (Wildman–Crippen MR) is 75.3 cm³/mol. The SMILES string of the molecule is CCCC1COC(C(C)(C)C)=C(C(C)(C)C)C1=O. The molecule has 1 unspecified atom stereocenters. The van der Waals surface area contributed by atoms with Crippen LogP contribution < -0.4 is 0 Å². The second-order valence-corrected chi connectivity index (χ2v) is 7.36. The second-order valence-electron chi connectivity index (χ2n) is 7.36. The van der Waals surface area contributed by atoms with Crippen molar-refractivity contribution in [2.45, 2.75) is 61.3 Å². The molecule has 18 heavy (non-hydrogen) atoms. The van der Waals surface area contributed by atoms with Gasteiger partial charge in [0.15, 0.2) is 5.78 Å². The molecule has 2 nitrogen and oxygen atoms in total. The smallest absolute Gasteiger partial charge is 0.169 e. The third kappa shape index (κ3) is 3.15. The molecule has 0 radical (unpaired) electrons. The van der Waals surface area contributed by atoms with Gasteiger partial charge in [-0.25, -0.2) is 0 Å². The molecule has 0 saturated carbocycles. The number of ether oxygens (including phenoxy) is 1. The van der Waals surface area contributed by atoms with Gasteiger partial charge in [-0.05, 0) is 11.8 Å². The van der Waals surface area contributed by atoms with Gasteiger partial charge in [0.1, 0.15) is 5.76 Å². The molecule has 0 aliphatic carbocycles. The molecule has 1 rings (SSSR count). The first-order chi connectivity index (χ1) is 8.09. The molecule has 0 fully saturated rings. The fraction of sp³-hybridized carbons (Fsp3) is 0.812. The molecule has 0 amide bonds. The highest BCUT2D eigenvalue weighted by molar-refractivity contribution is 5.99. The van der Waals surface area contributed by atoms with Gasteiger partial charge in [-0.3, -0.25) is 4.79 Å². The lowest BCUT2D eigenvalue weighted by molar-refractivity contribution is -0.124. The monoisotopic (exact) mass is 252 g/mol. The van der Waals surface area contributed by atoms with Crippen LogP contribution in [0.5, 0.6) is 0 Å². The molecule has 1 aliphatic rings. The van der Waals surface area contributed by atoms with Crippen molar-refractivity contribution in [3.8, 4) is 0 Å². The van der Waals surface area contributed by atoms with Crippen LogP contribution in [0.1, 0.15) is 61.3 Å². The van der Waals surface area contributed by atoms with Crippen LogP contribution in [-0.2, 0) is 9.53 Å². The Morgan fingerprint density at radius 1 is 1.11 bits per heavy atom. The fourth-order valence-electron chi connectivity index (χ4n) is 2.51. The molecule has 104 valence electrons. The summed E-state index contributed by atoms with van der Waals surface area (Å²) in [6.07, 6.45) is 1.96. The summed E-state index contributed by atoms with van der Waals surface area (Å²) in [5.74, 6) is 1.25. The molecule has 0 aromatic carbocycles. The Hall–Kier alpha value is -0.790. The van der Waals surface area contributed by atoms with Crippen molar-refractivity contribution in [3.05, 3.63) is 11.3 Å². The molecule has 0 spiro atoms. The third-order valence-electron chi connectivity index (χ3n) is 3.34. The Bertz CT molecular complexity index is 350. The molecule has 0 aromatic heterocycles. The van der Waals surface area contributed by atoms with E-state index in [0.717, 1.165) is 24.2 Å². The van der Waals surface area contributed by atoms with E-state index in [1.165, 1.54) is 0 Å². The summed E-state index contributed by atoms with van der Waals surface area (Å²) in [4.78, 5) is 12.7. The van der Waals surface area contributed by atoms with Gasteiger partial charge in [-0.1, -0.05) is 54.9 Å². The number of ketones is 1. The van der Waals surface area contributed by atoms with Gasteiger partial charge < -0.3 is 4.74 Å². The van der Waals surface area contributed by atoms with Crippen molar-refractivity contribution >= 4 is 5.78 Å². The van der Waals surface area contributed by atoms with E-state index < -0.39 is 0 Å². The summed E-state index contributed by atoms with van der Waals surface area (Å²) in [7, 11) is 0. The van der Waals surface area contributed by atoms with E-state index >= 15 is 0 Å². The van der Waals surface area contributed by atoms with E-state index in [1.54, 1.807) is 0 Å². The Balaban J connectivity index is 3.25. The van der Waals surface area contributed by atoms with Crippen LogP contribution in [-0.4, -0.2) is 12.4 Å². The Kier molecular flexibility index (Phi) is 4.30. The van der Waals surface area contributed by atoms with Crippen molar-refractivity contribution < 1.29 is 9.53 Å². The zero-order valence-corrected chi connectivity index (χ0v) is 13.0. The van der Waals surface area contributed by atoms with Crippen molar-refractivity contribution in [2.75, 3.05) is 6.61 Å². The van der Waals surface area contributed by atoms with Crippen LogP contribution in [0.3, 0.4) is 0 Å². The predicted octanol–water partition coefficient (Wildman–Crippen LogP) is 4.35. The molecule has 0 saturated heterocycles. The zero-order chi connectivity index (χ0) is 14.1. The topological polar surface area (TPSA) is 26.3 Å². The molecule has 0 bridgehead atoms. The number of carbonyl (C=O) groups is 1. The molecular weight excluding hydrogens is 224 g/mol.